The Kier molecular flexibility index (Phi) is 4.36. The second-order valence-corrected chi connectivity index (χ2v) is 7.62. The molecule has 0 spiro atoms. The smallest absolute Gasteiger partial charge is 0.255 e. The lowest BCUT2D eigenvalue weighted by atomic mass is 10.1. The Morgan fingerprint density at radius 3 is 3.17 bits per heavy atom. The zero-order valence-electron chi connectivity index (χ0n) is 13.4. The summed E-state index contributed by atoms with van der Waals surface area (Å²) < 4.78 is 11.5. The monoisotopic (exact) mass is 337 g/mol. The van der Waals surface area contributed by atoms with Gasteiger partial charge >= 0.3 is 0 Å². The van der Waals surface area contributed by atoms with Crippen LogP contribution in [-0.4, -0.2) is 60.3 Å². The summed E-state index contributed by atoms with van der Waals surface area (Å²) >= 11 is 1.46. The highest BCUT2D eigenvalue weighted by molar-refractivity contribution is 7.13. The molecule has 23 heavy (non-hydrogen) atoms. The van der Waals surface area contributed by atoms with Crippen molar-refractivity contribution in [2.24, 2.45) is 5.92 Å². The summed E-state index contributed by atoms with van der Waals surface area (Å²) in [5, 5.41) is 5.48. The van der Waals surface area contributed by atoms with Crippen molar-refractivity contribution in [3.63, 3.8) is 0 Å². The minimum atomic E-state index is -0.350. The number of amides is 1. The van der Waals surface area contributed by atoms with Gasteiger partial charge in [-0.25, -0.2) is 4.98 Å². The first-order chi connectivity index (χ1) is 11.2. The molecule has 4 heterocycles. The molecule has 0 radical (unpaired) electrons. The van der Waals surface area contributed by atoms with Crippen molar-refractivity contribution in [1.82, 2.24) is 9.88 Å². The number of hydrogen-bond donors (Lipinski definition) is 1. The van der Waals surface area contributed by atoms with E-state index in [9.17, 15) is 4.79 Å². The molecule has 7 heteroatoms. The van der Waals surface area contributed by atoms with E-state index in [0.717, 1.165) is 51.3 Å². The minimum Gasteiger partial charge on any atom is -0.381 e. The summed E-state index contributed by atoms with van der Waals surface area (Å²) in [4.78, 5) is 19.2. The van der Waals surface area contributed by atoms with Crippen LogP contribution in [-0.2, 0) is 14.3 Å². The van der Waals surface area contributed by atoms with E-state index in [2.05, 4.69) is 15.2 Å². The SMILES string of the molecule is Cc1csc(NC(=O)[C@@H]2C[C@@H]3[C@@H](CCN3CC3CCOC3)O2)n1. The number of aryl methyl sites for hydroxylation is 1. The van der Waals surface area contributed by atoms with Crippen LogP contribution in [0.3, 0.4) is 0 Å². The van der Waals surface area contributed by atoms with Crippen LogP contribution >= 0.6 is 11.3 Å². The van der Waals surface area contributed by atoms with Crippen LogP contribution < -0.4 is 5.32 Å². The van der Waals surface area contributed by atoms with Gasteiger partial charge in [-0.2, -0.15) is 0 Å². The molecule has 3 aliphatic heterocycles. The Labute approximate surface area is 140 Å². The number of rotatable bonds is 4. The lowest BCUT2D eigenvalue weighted by Crippen LogP contribution is -2.37. The highest BCUT2D eigenvalue weighted by Gasteiger charge is 2.46. The van der Waals surface area contributed by atoms with Crippen LogP contribution in [0.4, 0.5) is 5.13 Å². The van der Waals surface area contributed by atoms with Gasteiger partial charge in [0.1, 0.15) is 6.10 Å². The Bertz CT molecular complexity index is 573. The predicted molar refractivity (Wildman–Crippen MR) is 87.7 cm³/mol. The molecule has 0 aliphatic carbocycles. The first kappa shape index (κ1) is 15.5. The van der Waals surface area contributed by atoms with E-state index in [1.54, 1.807) is 0 Å². The minimum absolute atomic E-state index is 0.0575. The number of aromatic nitrogens is 1. The third-order valence-electron chi connectivity index (χ3n) is 5.05. The molecule has 1 aromatic rings. The second-order valence-electron chi connectivity index (χ2n) is 6.76. The van der Waals surface area contributed by atoms with Gasteiger partial charge in [-0.15, -0.1) is 11.3 Å². The number of nitrogens with zero attached hydrogens (tertiary/aromatic N) is 2. The topological polar surface area (TPSA) is 63.7 Å². The number of likely N-dealkylation sites (tertiary alicyclic amines) is 1. The fourth-order valence-electron chi connectivity index (χ4n) is 3.88. The first-order valence-corrected chi connectivity index (χ1v) is 9.27. The van der Waals surface area contributed by atoms with Crippen molar-refractivity contribution in [3.8, 4) is 0 Å². The molecular formula is C16H23N3O3S. The van der Waals surface area contributed by atoms with Crippen LogP contribution in [0.15, 0.2) is 5.38 Å². The molecule has 0 aromatic carbocycles. The number of carbonyl (C=O) groups excluding carboxylic acids is 1. The molecule has 3 fully saturated rings. The van der Waals surface area contributed by atoms with Gasteiger partial charge < -0.3 is 9.47 Å². The molecule has 0 bridgehead atoms. The number of nitrogens with one attached hydrogen (secondary N) is 1. The normalized spacial score (nSPS) is 34.0. The Hall–Kier alpha value is -1.02. The number of carbonyl (C=O) groups is 1. The van der Waals surface area contributed by atoms with Crippen LogP contribution in [0, 0.1) is 12.8 Å². The number of thiazole rings is 1. The van der Waals surface area contributed by atoms with Crippen molar-refractivity contribution >= 4 is 22.4 Å². The largest absolute Gasteiger partial charge is 0.381 e. The van der Waals surface area contributed by atoms with Crippen molar-refractivity contribution in [2.45, 2.75) is 44.4 Å². The third-order valence-corrected chi connectivity index (χ3v) is 5.93. The van der Waals surface area contributed by atoms with E-state index in [1.807, 2.05) is 12.3 Å². The first-order valence-electron chi connectivity index (χ1n) is 8.39. The number of fused-ring (bicyclic) bond motifs is 1. The number of anilines is 1. The Balaban J connectivity index is 1.33. The molecule has 3 aliphatic rings. The lowest BCUT2D eigenvalue weighted by molar-refractivity contribution is -0.126. The van der Waals surface area contributed by atoms with E-state index >= 15 is 0 Å². The maximum absolute atomic E-state index is 12.4. The Morgan fingerprint density at radius 2 is 2.43 bits per heavy atom. The molecule has 1 N–H and O–H groups in total. The molecule has 4 rings (SSSR count). The standard InChI is InChI=1S/C16H23N3O3S/c1-10-9-23-16(17-10)18-15(20)14-6-12-13(22-14)2-4-19(12)7-11-3-5-21-8-11/h9,11-14H,2-8H2,1H3,(H,17,18,20)/t11?,12-,13-,14+/m1/s1. The second kappa shape index (κ2) is 6.47. The fraction of sp³-hybridized carbons (Fsp3) is 0.750. The summed E-state index contributed by atoms with van der Waals surface area (Å²) in [6, 6.07) is 0.379. The fourth-order valence-corrected chi connectivity index (χ4v) is 4.57. The van der Waals surface area contributed by atoms with Gasteiger partial charge in [0, 0.05) is 37.5 Å². The van der Waals surface area contributed by atoms with Crippen molar-refractivity contribution in [2.75, 3.05) is 31.6 Å². The average molecular weight is 337 g/mol. The molecule has 4 atom stereocenters. The van der Waals surface area contributed by atoms with Gasteiger partial charge in [-0.1, -0.05) is 0 Å². The van der Waals surface area contributed by atoms with Gasteiger partial charge in [-0.05, 0) is 25.7 Å². The molecule has 3 saturated heterocycles. The van der Waals surface area contributed by atoms with E-state index in [0.29, 0.717) is 17.1 Å². The third kappa shape index (κ3) is 3.28. The lowest BCUT2D eigenvalue weighted by Gasteiger charge is -2.25. The molecular weight excluding hydrogens is 314 g/mol. The zero-order valence-corrected chi connectivity index (χ0v) is 14.2. The van der Waals surface area contributed by atoms with Gasteiger partial charge in [0.2, 0.25) is 0 Å². The molecule has 1 unspecified atom stereocenters. The molecule has 0 saturated carbocycles. The highest BCUT2D eigenvalue weighted by Crippen LogP contribution is 2.34. The van der Waals surface area contributed by atoms with E-state index in [4.69, 9.17) is 9.47 Å². The van der Waals surface area contributed by atoms with Gasteiger partial charge in [0.05, 0.1) is 18.4 Å². The Morgan fingerprint density at radius 1 is 1.52 bits per heavy atom. The van der Waals surface area contributed by atoms with Gasteiger partial charge in [0.15, 0.2) is 5.13 Å². The summed E-state index contributed by atoms with van der Waals surface area (Å²) in [7, 11) is 0. The molecule has 1 aromatic heterocycles. The van der Waals surface area contributed by atoms with Gasteiger partial charge in [0.25, 0.3) is 5.91 Å². The maximum Gasteiger partial charge on any atom is 0.255 e. The van der Waals surface area contributed by atoms with Crippen LogP contribution in [0.2, 0.25) is 0 Å². The van der Waals surface area contributed by atoms with Crippen molar-refractivity contribution < 1.29 is 14.3 Å². The summed E-state index contributed by atoms with van der Waals surface area (Å²) in [6.07, 6.45) is 2.82. The molecule has 6 nitrogen and oxygen atoms in total. The van der Waals surface area contributed by atoms with E-state index in [-0.39, 0.29) is 18.1 Å². The molecule has 126 valence electrons. The molecule has 1 amide bonds. The van der Waals surface area contributed by atoms with Crippen molar-refractivity contribution in [3.05, 3.63) is 11.1 Å². The van der Waals surface area contributed by atoms with E-state index in [1.165, 1.54) is 11.3 Å². The number of ether oxygens (including phenoxy) is 2. The number of hydrogen-bond acceptors (Lipinski definition) is 6. The maximum atomic E-state index is 12.4. The van der Waals surface area contributed by atoms with Gasteiger partial charge in [-0.3, -0.25) is 15.0 Å². The van der Waals surface area contributed by atoms with Crippen LogP contribution in [0.25, 0.3) is 0 Å². The summed E-state index contributed by atoms with van der Waals surface area (Å²) in [5.74, 6) is 0.581. The van der Waals surface area contributed by atoms with Crippen molar-refractivity contribution in [1.29, 1.82) is 0 Å². The average Bonchev–Trinajstić information content (AvgIpc) is 3.26. The van der Waals surface area contributed by atoms with Crippen LogP contribution in [0.5, 0.6) is 0 Å². The highest BCUT2D eigenvalue weighted by atomic mass is 32.1. The summed E-state index contributed by atoms with van der Waals surface area (Å²) in [5.41, 5.74) is 0.930. The summed E-state index contributed by atoms with van der Waals surface area (Å²) in [6.45, 7) is 5.84. The van der Waals surface area contributed by atoms with E-state index < -0.39 is 0 Å². The predicted octanol–water partition coefficient (Wildman–Crippen LogP) is 1.66. The van der Waals surface area contributed by atoms with Crippen LogP contribution in [0.1, 0.15) is 25.0 Å². The quantitative estimate of drug-likeness (QED) is 0.905. The zero-order chi connectivity index (χ0) is 15.8.